The molecule has 1 aliphatic carbocycles. The smallest absolute Gasteiger partial charge is 0.304 e. The fraction of sp³-hybridized carbons (Fsp3) is 0.467. The van der Waals surface area contributed by atoms with Crippen molar-refractivity contribution in [3.63, 3.8) is 0 Å². The maximum absolute atomic E-state index is 12.2. The van der Waals surface area contributed by atoms with E-state index in [4.69, 9.17) is 5.11 Å². The van der Waals surface area contributed by atoms with Crippen LogP contribution in [0.2, 0.25) is 0 Å². The number of nitrogens with one attached hydrogen (secondary N) is 1. The van der Waals surface area contributed by atoms with Gasteiger partial charge in [-0.05, 0) is 31.9 Å². The molecule has 108 valence electrons. The van der Waals surface area contributed by atoms with E-state index < -0.39 is 5.97 Å². The van der Waals surface area contributed by atoms with Crippen LogP contribution in [0.5, 0.6) is 0 Å². The molecule has 1 aromatic rings. The van der Waals surface area contributed by atoms with Crippen LogP contribution in [0.4, 0.5) is 5.69 Å². The van der Waals surface area contributed by atoms with Gasteiger partial charge in [0.05, 0.1) is 12.5 Å². The van der Waals surface area contributed by atoms with Crippen molar-refractivity contribution < 1.29 is 14.7 Å². The second-order valence-electron chi connectivity index (χ2n) is 5.14. The Balaban J connectivity index is 1.94. The van der Waals surface area contributed by atoms with E-state index in [2.05, 4.69) is 5.32 Å². The van der Waals surface area contributed by atoms with Crippen LogP contribution in [0.1, 0.15) is 26.2 Å². The Morgan fingerprint density at radius 3 is 2.55 bits per heavy atom. The molecular weight excluding hydrogens is 256 g/mol. The average Bonchev–Trinajstić information content (AvgIpc) is 3.24. The number of hydrogen-bond acceptors (Lipinski definition) is 3. The van der Waals surface area contributed by atoms with Gasteiger partial charge in [-0.25, -0.2) is 0 Å². The number of amides is 1. The molecule has 0 bridgehead atoms. The van der Waals surface area contributed by atoms with Gasteiger partial charge in [-0.1, -0.05) is 18.2 Å². The molecule has 1 aromatic carbocycles. The van der Waals surface area contributed by atoms with Gasteiger partial charge in [0.1, 0.15) is 0 Å². The van der Waals surface area contributed by atoms with Crippen LogP contribution < -0.4 is 5.32 Å². The fourth-order valence-electron chi connectivity index (χ4n) is 2.24. The highest BCUT2D eigenvalue weighted by atomic mass is 16.4. The summed E-state index contributed by atoms with van der Waals surface area (Å²) >= 11 is 0. The lowest BCUT2D eigenvalue weighted by atomic mass is 10.2. The molecule has 0 aliphatic heterocycles. The van der Waals surface area contributed by atoms with E-state index in [-0.39, 0.29) is 18.4 Å². The molecule has 0 aromatic heterocycles. The highest BCUT2D eigenvalue weighted by Crippen LogP contribution is 2.29. The van der Waals surface area contributed by atoms with Gasteiger partial charge in [-0.2, -0.15) is 0 Å². The lowest BCUT2D eigenvalue weighted by Crippen LogP contribution is -2.44. The molecule has 20 heavy (non-hydrogen) atoms. The third-order valence-electron chi connectivity index (χ3n) is 3.52. The van der Waals surface area contributed by atoms with Crippen molar-refractivity contribution in [1.82, 2.24) is 4.90 Å². The Labute approximate surface area is 118 Å². The van der Waals surface area contributed by atoms with Crippen molar-refractivity contribution in [2.45, 2.75) is 38.3 Å². The number of aliphatic carboxylic acids is 1. The third-order valence-corrected chi connectivity index (χ3v) is 3.52. The molecule has 0 saturated heterocycles. The predicted octanol–water partition coefficient (Wildman–Crippen LogP) is 1.95. The highest BCUT2D eigenvalue weighted by molar-refractivity contribution is 5.94. The average molecular weight is 276 g/mol. The summed E-state index contributed by atoms with van der Waals surface area (Å²) in [6, 6.07) is 9.33. The molecule has 5 heteroatoms. The van der Waals surface area contributed by atoms with E-state index in [9.17, 15) is 9.59 Å². The molecule has 1 fully saturated rings. The number of carboxylic acid groups (broad SMARTS) is 1. The fourth-order valence-corrected chi connectivity index (χ4v) is 2.24. The molecule has 0 heterocycles. The molecule has 1 aliphatic rings. The van der Waals surface area contributed by atoms with E-state index >= 15 is 0 Å². The zero-order chi connectivity index (χ0) is 14.5. The minimum Gasteiger partial charge on any atom is -0.481 e. The molecule has 2 N–H and O–H groups in total. The van der Waals surface area contributed by atoms with Crippen LogP contribution in [0.3, 0.4) is 0 Å². The van der Waals surface area contributed by atoms with Crippen molar-refractivity contribution in [1.29, 1.82) is 0 Å². The Hall–Kier alpha value is -1.88. The Morgan fingerprint density at radius 2 is 2.00 bits per heavy atom. The molecular formula is C15H20N2O3. The van der Waals surface area contributed by atoms with E-state index in [0.29, 0.717) is 12.6 Å². The van der Waals surface area contributed by atoms with Gasteiger partial charge < -0.3 is 10.4 Å². The highest BCUT2D eigenvalue weighted by Gasteiger charge is 2.34. The summed E-state index contributed by atoms with van der Waals surface area (Å²) in [7, 11) is 0. The summed E-state index contributed by atoms with van der Waals surface area (Å²) in [5, 5.41) is 11.7. The topological polar surface area (TPSA) is 69.6 Å². The number of nitrogens with zero attached hydrogens (tertiary/aromatic N) is 1. The number of carbonyl (C=O) groups is 2. The van der Waals surface area contributed by atoms with Gasteiger partial charge in [-0.15, -0.1) is 0 Å². The van der Waals surface area contributed by atoms with Crippen LogP contribution in [0.25, 0.3) is 0 Å². The van der Waals surface area contributed by atoms with E-state index in [1.165, 1.54) is 0 Å². The van der Waals surface area contributed by atoms with Crippen LogP contribution in [0, 0.1) is 0 Å². The number of hydrogen-bond donors (Lipinski definition) is 2. The maximum atomic E-state index is 12.2. The van der Waals surface area contributed by atoms with E-state index in [1.807, 2.05) is 42.2 Å². The number of rotatable bonds is 7. The van der Waals surface area contributed by atoms with Crippen molar-refractivity contribution in [3.8, 4) is 0 Å². The monoisotopic (exact) mass is 276 g/mol. The quantitative estimate of drug-likeness (QED) is 0.798. The first-order valence-corrected chi connectivity index (χ1v) is 6.91. The molecule has 1 amide bonds. The molecule has 1 saturated carbocycles. The number of carboxylic acids is 1. The Morgan fingerprint density at radius 1 is 1.35 bits per heavy atom. The number of benzene rings is 1. The summed E-state index contributed by atoms with van der Waals surface area (Å²) < 4.78 is 0. The summed E-state index contributed by atoms with van der Waals surface area (Å²) in [6.45, 7) is 2.25. The third kappa shape index (κ3) is 4.06. The number of anilines is 1. The second kappa shape index (κ2) is 6.52. The first-order chi connectivity index (χ1) is 9.58. The first kappa shape index (κ1) is 14.5. The zero-order valence-electron chi connectivity index (χ0n) is 11.6. The van der Waals surface area contributed by atoms with Gasteiger partial charge in [0.25, 0.3) is 0 Å². The lowest BCUT2D eigenvalue weighted by Gasteiger charge is -2.27. The molecule has 2 rings (SSSR count). The summed E-state index contributed by atoms with van der Waals surface area (Å²) in [4.78, 5) is 24.9. The molecule has 0 spiro atoms. The van der Waals surface area contributed by atoms with Crippen LogP contribution in [0.15, 0.2) is 30.3 Å². The molecule has 1 atom stereocenters. The van der Waals surface area contributed by atoms with Gasteiger partial charge in [0, 0.05) is 18.3 Å². The standard InChI is InChI=1S/C15H20N2O3/c1-11(15(20)16-12-5-3-2-4-6-12)17(13-7-8-13)10-9-14(18)19/h2-6,11,13H,7-10H2,1H3,(H,16,20)(H,18,19). The number of carbonyl (C=O) groups excluding carboxylic acids is 1. The molecule has 0 radical (unpaired) electrons. The number of para-hydroxylation sites is 1. The summed E-state index contributed by atoms with van der Waals surface area (Å²) in [5.41, 5.74) is 0.762. The molecule has 5 nitrogen and oxygen atoms in total. The van der Waals surface area contributed by atoms with Gasteiger partial charge in [0.2, 0.25) is 5.91 Å². The van der Waals surface area contributed by atoms with Gasteiger partial charge >= 0.3 is 5.97 Å². The minimum atomic E-state index is -0.827. The Bertz CT molecular complexity index is 471. The van der Waals surface area contributed by atoms with Crippen molar-refractivity contribution in [2.24, 2.45) is 0 Å². The Kier molecular flexibility index (Phi) is 4.74. The van der Waals surface area contributed by atoms with Crippen LogP contribution in [-0.2, 0) is 9.59 Å². The normalized spacial score (nSPS) is 15.9. The van der Waals surface area contributed by atoms with Gasteiger partial charge in [0.15, 0.2) is 0 Å². The maximum Gasteiger partial charge on any atom is 0.304 e. The van der Waals surface area contributed by atoms with Crippen molar-refractivity contribution in [3.05, 3.63) is 30.3 Å². The van der Waals surface area contributed by atoms with E-state index in [0.717, 1.165) is 18.5 Å². The van der Waals surface area contributed by atoms with Crippen molar-refractivity contribution >= 4 is 17.6 Å². The first-order valence-electron chi connectivity index (χ1n) is 6.91. The van der Waals surface area contributed by atoms with E-state index in [1.54, 1.807) is 0 Å². The molecule has 1 unspecified atom stereocenters. The minimum absolute atomic E-state index is 0.0689. The summed E-state index contributed by atoms with van der Waals surface area (Å²) in [5.74, 6) is -0.917. The predicted molar refractivity (Wildman–Crippen MR) is 76.5 cm³/mol. The zero-order valence-corrected chi connectivity index (χ0v) is 11.6. The summed E-state index contributed by atoms with van der Waals surface area (Å²) in [6.07, 6.45) is 2.16. The van der Waals surface area contributed by atoms with Crippen molar-refractivity contribution in [2.75, 3.05) is 11.9 Å². The largest absolute Gasteiger partial charge is 0.481 e. The van der Waals surface area contributed by atoms with Crippen LogP contribution >= 0.6 is 0 Å². The lowest BCUT2D eigenvalue weighted by molar-refractivity contribution is -0.138. The van der Waals surface area contributed by atoms with Gasteiger partial charge in [-0.3, -0.25) is 14.5 Å². The SMILES string of the molecule is CC(C(=O)Nc1ccccc1)N(CCC(=O)O)C1CC1. The second-order valence-corrected chi connectivity index (χ2v) is 5.14. The van der Waals surface area contributed by atoms with Crippen LogP contribution in [-0.4, -0.2) is 40.5 Å².